The van der Waals surface area contributed by atoms with Crippen LogP contribution in [0.15, 0.2) is 24.3 Å². The molecule has 0 N–H and O–H groups in total. The van der Waals surface area contributed by atoms with Crippen molar-refractivity contribution in [2.45, 2.75) is 92.8 Å². The van der Waals surface area contributed by atoms with E-state index in [4.69, 9.17) is 0 Å². The smallest absolute Gasteiger partial charge is 0.123 e. The summed E-state index contributed by atoms with van der Waals surface area (Å²) in [7, 11) is 0.850. The van der Waals surface area contributed by atoms with E-state index in [0.717, 1.165) is 35.2 Å². The summed E-state index contributed by atoms with van der Waals surface area (Å²) in [5.74, 6) is -1.75. The Morgan fingerprint density at radius 2 is 1.12 bits per heavy atom. The van der Waals surface area contributed by atoms with Crippen LogP contribution in [0.5, 0.6) is 0 Å². The van der Waals surface area contributed by atoms with Crippen molar-refractivity contribution in [1.82, 2.24) is 0 Å². The predicted molar refractivity (Wildman–Crippen MR) is 105 cm³/mol. The number of carboxylic acid groups (broad SMARTS) is 1. The number of hydrogen-bond acceptors (Lipinski definition) is 2. The van der Waals surface area contributed by atoms with Gasteiger partial charge in [0.2, 0.25) is 0 Å². The fourth-order valence-corrected chi connectivity index (χ4v) is 9.15. The van der Waals surface area contributed by atoms with Crippen molar-refractivity contribution in [3.63, 3.8) is 0 Å². The Bertz CT molecular complexity index is 518. The third kappa shape index (κ3) is 5.25. The molecule has 3 aliphatic carbocycles. The zero-order valence-electron chi connectivity index (χ0n) is 15.6. The van der Waals surface area contributed by atoms with E-state index in [9.17, 15) is 14.3 Å². The number of benzene rings is 1. The first kappa shape index (κ1) is 19.7. The molecule has 3 fully saturated rings. The summed E-state index contributed by atoms with van der Waals surface area (Å²) in [6, 6.07) is 4.46. The fraction of sp³-hybridized carbons (Fsp3) is 0.682. The van der Waals surface area contributed by atoms with Crippen LogP contribution in [0.1, 0.15) is 87.4 Å². The number of rotatable bonds is 4. The molecule has 0 unspecified atom stereocenters. The lowest BCUT2D eigenvalue weighted by Crippen LogP contribution is -2.37. The summed E-state index contributed by atoms with van der Waals surface area (Å²) < 4.78 is 12.1. The fourth-order valence-electron chi connectivity index (χ4n) is 4.88. The molecule has 1 aromatic rings. The Morgan fingerprint density at radius 3 is 1.42 bits per heavy atom. The Morgan fingerprint density at radius 1 is 0.769 bits per heavy atom. The summed E-state index contributed by atoms with van der Waals surface area (Å²) in [4.78, 5) is 10.1. The van der Waals surface area contributed by atoms with Crippen LogP contribution in [0.25, 0.3) is 0 Å². The lowest BCUT2D eigenvalue weighted by molar-refractivity contribution is -0.255. The van der Waals surface area contributed by atoms with Crippen molar-refractivity contribution < 1.29 is 14.3 Å². The molecule has 26 heavy (non-hydrogen) atoms. The normalized spacial score (nSPS) is 21.9. The molecule has 0 amide bonds. The molecule has 0 bridgehead atoms. The standard InChI is InChI=1S/C15H27S.C7H5FO2/c1-2-8-13(7-1)16(14-9-3-4-10-14)15-11-5-6-12-15;8-6-3-1-5(2-4-6)7(9)10/h13-15H,1-12H2;1-4H,(H,9,10)/q+1;/p-1. The second-order valence-electron chi connectivity index (χ2n) is 7.92. The maximum absolute atomic E-state index is 12.1. The molecule has 0 saturated heterocycles. The van der Waals surface area contributed by atoms with Gasteiger partial charge in [-0.3, -0.25) is 0 Å². The molecule has 4 rings (SSSR count). The lowest BCUT2D eigenvalue weighted by atomic mass is 10.2. The molecular formula is C22H31FO2S. The van der Waals surface area contributed by atoms with Gasteiger partial charge < -0.3 is 9.90 Å². The molecule has 0 heterocycles. The van der Waals surface area contributed by atoms with Gasteiger partial charge in [0.25, 0.3) is 0 Å². The first-order chi connectivity index (χ1) is 12.6. The third-order valence-electron chi connectivity index (χ3n) is 6.14. The first-order valence-electron chi connectivity index (χ1n) is 10.3. The molecule has 144 valence electrons. The number of halogens is 1. The summed E-state index contributed by atoms with van der Waals surface area (Å²) in [6.45, 7) is 0. The Hall–Kier alpha value is -1.03. The molecule has 4 heteroatoms. The highest BCUT2D eigenvalue weighted by Crippen LogP contribution is 2.42. The quantitative estimate of drug-likeness (QED) is 0.717. The van der Waals surface area contributed by atoms with Gasteiger partial charge in [0, 0.05) is 0 Å². The van der Waals surface area contributed by atoms with Crippen LogP contribution in [-0.4, -0.2) is 21.7 Å². The monoisotopic (exact) mass is 378 g/mol. The van der Waals surface area contributed by atoms with Crippen LogP contribution >= 0.6 is 0 Å². The van der Waals surface area contributed by atoms with E-state index in [1.54, 1.807) is 77.0 Å². The van der Waals surface area contributed by atoms with E-state index in [2.05, 4.69) is 0 Å². The highest BCUT2D eigenvalue weighted by molar-refractivity contribution is 7.98. The van der Waals surface area contributed by atoms with E-state index >= 15 is 0 Å². The SMILES string of the molecule is C1CCC([S+](C2CCCC2)C2CCCC2)C1.O=C([O-])c1ccc(F)cc1. The van der Waals surface area contributed by atoms with Crippen molar-refractivity contribution in [3.8, 4) is 0 Å². The zero-order valence-corrected chi connectivity index (χ0v) is 16.4. The van der Waals surface area contributed by atoms with Gasteiger partial charge in [0.15, 0.2) is 0 Å². The summed E-state index contributed by atoms with van der Waals surface area (Å²) >= 11 is 0. The molecular weight excluding hydrogens is 347 g/mol. The first-order valence-corrected chi connectivity index (χ1v) is 11.7. The molecule has 0 aromatic heterocycles. The Labute approximate surface area is 159 Å². The molecule has 0 atom stereocenters. The van der Waals surface area contributed by atoms with Crippen molar-refractivity contribution in [1.29, 1.82) is 0 Å². The average molecular weight is 379 g/mol. The van der Waals surface area contributed by atoms with Crippen LogP contribution in [0.2, 0.25) is 0 Å². The van der Waals surface area contributed by atoms with Gasteiger partial charge in [-0.2, -0.15) is 0 Å². The van der Waals surface area contributed by atoms with Gasteiger partial charge in [-0.05, 0) is 106 Å². The van der Waals surface area contributed by atoms with Gasteiger partial charge in [-0.15, -0.1) is 0 Å². The van der Waals surface area contributed by atoms with Crippen molar-refractivity contribution in [2.75, 3.05) is 0 Å². The largest absolute Gasteiger partial charge is 0.545 e. The topological polar surface area (TPSA) is 40.1 Å². The molecule has 0 spiro atoms. The number of carboxylic acids is 1. The maximum Gasteiger partial charge on any atom is 0.123 e. The van der Waals surface area contributed by atoms with E-state index in [-0.39, 0.29) is 5.56 Å². The van der Waals surface area contributed by atoms with Crippen LogP contribution < -0.4 is 5.11 Å². The second kappa shape index (κ2) is 9.77. The maximum atomic E-state index is 12.1. The lowest BCUT2D eigenvalue weighted by Gasteiger charge is -2.25. The number of hydrogen-bond donors (Lipinski definition) is 0. The van der Waals surface area contributed by atoms with E-state index in [0.29, 0.717) is 0 Å². The van der Waals surface area contributed by atoms with Gasteiger partial charge in [0.05, 0.1) is 5.97 Å². The minimum absolute atomic E-state index is 0.0126. The predicted octanol–water partition coefficient (Wildman–Crippen LogP) is 4.62. The van der Waals surface area contributed by atoms with Gasteiger partial charge in [-0.25, -0.2) is 4.39 Å². The highest BCUT2D eigenvalue weighted by Gasteiger charge is 2.46. The van der Waals surface area contributed by atoms with Gasteiger partial charge >= 0.3 is 0 Å². The number of aromatic carboxylic acids is 1. The molecule has 3 aliphatic rings. The van der Waals surface area contributed by atoms with Gasteiger partial charge in [0.1, 0.15) is 21.6 Å². The van der Waals surface area contributed by atoms with Crippen molar-refractivity contribution in [2.24, 2.45) is 0 Å². The highest BCUT2D eigenvalue weighted by atomic mass is 32.2. The molecule has 0 aliphatic heterocycles. The molecule has 2 nitrogen and oxygen atoms in total. The number of carbonyl (C=O) groups is 1. The van der Waals surface area contributed by atoms with Crippen LogP contribution in [-0.2, 0) is 10.9 Å². The van der Waals surface area contributed by atoms with Crippen LogP contribution in [0.4, 0.5) is 4.39 Å². The third-order valence-corrected chi connectivity index (χ3v) is 9.86. The van der Waals surface area contributed by atoms with Crippen LogP contribution in [0, 0.1) is 5.82 Å². The average Bonchev–Trinajstić information content (AvgIpc) is 3.41. The Balaban J connectivity index is 0.000000170. The van der Waals surface area contributed by atoms with Crippen molar-refractivity contribution >= 4 is 16.9 Å². The Kier molecular flexibility index (Phi) is 7.42. The number of carbonyl (C=O) groups excluding carboxylic acids is 1. The summed E-state index contributed by atoms with van der Waals surface area (Å²) in [5.41, 5.74) is -0.0126. The second-order valence-corrected chi connectivity index (χ2v) is 10.7. The van der Waals surface area contributed by atoms with Gasteiger partial charge in [-0.1, -0.05) is 12.1 Å². The minimum atomic E-state index is -1.29. The zero-order chi connectivity index (χ0) is 18.4. The summed E-state index contributed by atoms with van der Waals surface area (Å²) in [5, 5.41) is 13.6. The van der Waals surface area contributed by atoms with Crippen molar-refractivity contribution in [3.05, 3.63) is 35.6 Å². The van der Waals surface area contributed by atoms with E-state index in [1.807, 2.05) is 0 Å². The van der Waals surface area contributed by atoms with E-state index in [1.165, 1.54) is 15.7 Å². The molecule has 0 radical (unpaired) electrons. The van der Waals surface area contributed by atoms with Crippen LogP contribution in [0.3, 0.4) is 0 Å². The molecule has 3 saturated carbocycles. The summed E-state index contributed by atoms with van der Waals surface area (Å²) in [6.07, 6.45) is 18.9. The molecule has 1 aromatic carbocycles. The van der Waals surface area contributed by atoms with E-state index < -0.39 is 11.8 Å². The minimum Gasteiger partial charge on any atom is -0.545 e.